The van der Waals surface area contributed by atoms with Gasteiger partial charge in [-0.2, -0.15) is 5.26 Å². The molecule has 33 heavy (non-hydrogen) atoms. The Bertz CT molecular complexity index is 978. The molecule has 0 bridgehead atoms. The van der Waals surface area contributed by atoms with Gasteiger partial charge in [-0.3, -0.25) is 14.5 Å². The maximum atomic E-state index is 12.9. The number of piperidine rings is 1. The SMILES string of the molecule is N#Cc1ccc(N2CCCN(CC(=O)N3CCC(C(=O)Nc4ccccc4)CC3)CC2)cc1. The number of carbonyl (C=O) groups excluding carboxylic acids is 2. The molecule has 4 rings (SSSR count). The average Bonchev–Trinajstić information content (AvgIpc) is 3.10. The molecule has 2 heterocycles. The average molecular weight is 446 g/mol. The highest BCUT2D eigenvalue weighted by molar-refractivity contribution is 5.92. The Morgan fingerprint density at radius 2 is 1.64 bits per heavy atom. The van der Waals surface area contributed by atoms with Crippen molar-refractivity contribution in [3.8, 4) is 6.07 Å². The minimum Gasteiger partial charge on any atom is -0.370 e. The van der Waals surface area contributed by atoms with E-state index in [1.807, 2.05) is 59.5 Å². The molecule has 0 atom stereocenters. The zero-order valence-electron chi connectivity index (χ0n) is 18.9. The number of likely N-dealkylation sites (tertiary alicyclic amines) is 1. The summed E-state index contributed by atoms with van der Waals surface area (Å²) in [6, 6.07) is 19.4. The van der Waals surface area contributed by atoms with E-state index in [-0.39, 0.29) is 17.7 Å². The summed E-state index contributed by atoms with van der Waals surface area (Å²) in [4.78, 5) is 31.9. The van der Waals surface area contributed by atoms with Crippen molar-refractivity contribution in [1.29, 1.82) is 5.26 Å². The molecule has 2 aliphatic heterocycles. The number of rotatable bonds is 5. The molecule has 0 saturated carbocycles. The minimum absolute atomic E-state index is 0.0451. The molecule has 2 aromatic carbocycles. The summed E-state index contributed by atoms with van der Waals surface area (Å²) in [6.45, 7) is 5.24. The third-order valence-electron chi connectivity index (χ3n) is 6.57. The smallest absolute Gasteiger partial charge is 0.236 e. The number of nitrogens with zero attached hydrogens (tertiary/aromatic N) is 4. The standard InChI is InChI=1S/C26H31N5O2/c27-19-21-7-9-24(10-8-21)30-14-4-13-29(17-18-30)20-25(32)31-15-11-22(12-16-31)26(33)28-23-5-2-1-3-6-23/h1-3,5-10,22H,4,11-18,20H2,(H,28,33). The molecule has 0 spiro atoms. The maximum absolute atomic E-state index is 12.9. The molecule has 172 valence electrons. The zero-order chi connectivity index (χ0) is 23.0. The molecule has 7 nitrogen and oxygen atoms in total. The Labute approximate surface area is 195 Å². The van der Waals surface area contributed by atoms with Crippen molar-refractivity contribution in [2.75, 3.05) is 56.0 Å². The molecule has 2 amide bonds. The summed E-state index contributed by atoms with van der Waals surface area (Å²) in [5.41, 5.74) is 2.61. The van der Waals surface area contributed by atoms with E-state index in [1.165, 1.54) is 0 Å². The van der Waals surface area contributed by atoms with Crippen molar-refractivity contribution in [3.63, 3.8) is 0 Å². The highest BCUT2D eigenvalue weighted by atomic mass is 16.2. The Hall–Kier alpha value is -3.37. The fraction of sp³-hybridized carbons (Fsp3) is 0.423. The van der Waals surface area contributed by atoms with E-state index < -0.39 is 0 Å². The van der Waals surface area contributed by atoms with Crippen molar-refractivity contribution in [3.05, 3.63) is 60.2 Å². The molecule has 0 aliphatic carbocycles. The Morgan fingerprint density at radius 1 is 0.909 bits per heavy atom. The van der Waals surface area contributed by atoms with E-state index in [2.05, 4.69) is 21.2 Å². The Kier molecular flexibility index (Phi) is 7.59. The summed E-state index contributed by atoms with van der Waals surface area (Å²) in [6.07, 6.45) is 2.41. The Balaban J connectivity index is 1.22. The van der Waals surface area contributed by atoms with Crippen LogP contribution in [0.25, 0.3) is 0 Å². The normalized spacial score (nSPS) is 17.8. The quantitative estimate of drug-likeness (QED) is 0.766. The lowest BCUT2D eigenvalue weighted by molar-refractivity contribution is -0.135. The van der Waals surface area contributed by atoms with Gasteiger partial charge in [-0.1, -0.05) is 18.2 Å². The summed E-state index contributed by atoms with van der Waals surface area (Å²) in [5.74, 6) is 0.154. The molecule has 0 radical (unpaired) electrons. The number of hydrogen-bond donors (Lipinski definition) is 1. The molecule has 2 aliphatic rings. The van der Waals surface area contributed by atoms with Crippen LogP contribution in [0.5, 0.6) is 0 Å². The summed E-state index contributed by atoms with van der Waals surface area (Å²) >= 11 is 0. The summed E-state index contributed by atoms with van der Waals surface area (Å²) < 4.78 is 0. The van der Waals surface area contributed by atoms with Crippen LogP contribution in [0.4, 0.5) is 11.4 Å². The molecule has 1 N–H and O–H groups in total. The van der Waals surface area contributed by atoms with Crippen molar-refractivity contribution in [2.24, 2.45) is 5.92 Å². The molecule has 0 unspecified atom stereocenters. The van der Waals surface area contributed by atoms with Crippen molar-refractivity contribution < 1.29 is 9.59 Å². The van der Waals surface area contributed by atoms with E-state index >= 15 is 0 Å². The number of hydrogen-bond acceptors (Lipinski definition) is 5. The van der Waals surface area contributed by atoms with Gasteiger partial charge in [0.05, 0.1) is 18.2 Å². The summed E-state index contributed by atoms with van der Waals surface area (Å²) in [7, 11) is 0. The number of nitrogens with one attached hydrogen (secondary N) is 1. The number of carbonyl (C=O) groups is 2. The molecule has 0 aromatic heterocycles. The first-order valence-corrected chi connectivity index (χ1v) is 11.7. The lowest BCUT2D eigenvalue weighted by Gasteiger charge is -2.33. The minimum atomic E-state index is -0.0478. The van der Waals surface area contributed by atoms with E-state index in [0.717, 1.165) is 44.0 Å². The third-order valence-corrected chi connectivity index (χ3v) is 6.57. The van der Waals surface area contributed by atoms with Gasteiger partial charge in [0.1, 0.15) is 0 Å². The van der Waals surface area contributed by atoms with Gasteiger partial charge >= 0.3 is 0 Å². The fourth-order valence-corrected chi connectivity index (χ4v) is 4.58. The number of amides is 2. The first-order valence-electron chi connectivity index (χ1n) is 11.7. The van der Waals surface area contributed by atoms with Crippen molar-refractivity contribution in [2.45, 2.75) is 19.3 Å². The van der Waals surface area contributed by atoms with Crippen LogP contribution in [-0.2, 0) is 9.59 Å². The number of anilines is 2. The van der Waals surface area contributed by atoms with Gasteiger partial charge in [-0.15, -0.1) is 0 Å². The van der Waals surface area contributed by atoms with Gasteiger partial charge in [0.25, 0.3) is 0 Å². The first-order chi connectivity index (χ1) is 16.1. The van der Waals surface area contributed by atoms with Crippen LogP contribution in [0.2, 0.25) is 0 Å². The van der Waals surface area contributed by atoms with E-state index in [9.17, 15) is 9.59 Å². The van der Waals surface area contributed by atoms with Crippen LogP contribution in [0.3, 0.4) is 0 Å². The van der Waals surface area contributed by atoms with Gasteiger partial charge < -0.3 is 15.1 Å². The summed E-state index contributed by atoms with van der Waals surface area (Å²) in [5, 5.41) is 12.0. The lowest BCUT2D eigenvalue weighted by Crippen LogP contribution is -2.46. The zero-order valence-corrected chi connectivity index (χ0v) is 18.9. The molecule has 2 saturated heterocycles. The Morgan fingerprint density at radius 3 is 2.33 bits per heavy atom. The van der Waals surface area contributed by atoms with Gasteiger partial charge in [0.2, 0.25) is 11.8 Å². The van der Waals surface area contributed by atoms with E-state index in [0.29, 0.717) is 38.0 Å². The second-order valence-corrected chi connectivity index (χ2v) is 8.79. The largest absolute Gasteiger partial charge is 0.370 e. The highest BCUT2D eigenvalue weighted by Gasteiger charge is 2.28. The van der Waals surface area contributed by atoms with Gasteiger partial charge in [0.15, 0.2) is 0 Å². The van der Waals surface area contributed by atoms with Crippen LogP contribution in [-0.4, -0.2) is 67.4 Å². The molecule has 7 heteroatoms. The number of para-hydroxylation sites is 1. The third kappa shape index (κ3) is 6.11. The molecular weight excluding hydrogens is 414 g/mol. The topological polar surface area (TPSA) is 79.7 Å². The van der Waals surface area contributed by atoms with Crippen LogP contribution < -0.4 is 10.2 Å². The molecule has 2 fully saturated rings. The number of nitriles is 1. The molecular formula is C26H31N5O2. The lowest BCUT2D eigenvalue weighted by atomic mass is 9.95. The number of benzene rings is 2. The van der Waals surface area contributed by atoms with Gasteiger partial charge in [0, 0.05) is 56.6 Å². The van der Waals surface area contributed by atoms with Gasteiger partial charge in [-0.05, 0) is 55.7 Å². The van der Waals surface area contributed by atoms with Crippen LogP contribution in [0.1, 0.15) is 24.8 Å². The first kappa shape index (κ1) is 22.8. The van der Waals surface area contributed by atoms with Crippen LogP contribution in [0, 0.1) is 17.2 Å². The predicted molar refractivity (Wildman–Crippen MR) is 129 cm³/mol. The van der Waals surface area contributed by atoms with Crippen molar-refractivity contribution >= 4 is 23.2 Å². The van der Waals surface area contributed by atoms with Crippen molar-refractivity contribution in [1.82, 2.24) is 9.80 Å². The fourth-order valence-electron chi connectivity index (χ4n) is 4.58. The van der Waals surface area contributed by atoms with E-state index in [1.54, 1.807) is 0 Å². The maximum Gasteiger partial charge on any atom is 0.236 e. The molecule has 2 aromatic rings. The van der Waals surface area contributed by atoms with Gasteiger partial charge in [-0.25, -0.2) is 0 Å². The second-order valence-electron chi connectivity index (χ2n) is 8.79. The highest BCUT2D eigenvalue weighted by Crippen LogP contribution is 2.21. The predicted octanol–water partition coefficient (Wildman–Crippen LogP) is 2.95. The second kappa shape index (κ2) is 11.0. The van der Waals surface area contributed by atoms with E-state index in [4.69, 9.17) is 5.26 Å². The monoisotopic (exact) mass is 445 g/mol. The van der Waals surface area contributed by atoms with Crippen LogP contribution in [0.15, 0.2) is 54.6 Å². The van der Waals surface area contributed by atoms with Crippen LogP contribution >= 0.6 is 0 Å².